The van der Waals surface area contributed by atoms with Crippen LogP contribution >= 0.6 is 12.4 Å². The summed E-state index contributed by atoms with van der Waals surface area (Å²) < 4.78 is 23.3. The number of carbonyl (C=O) groups is 1. The van der Waals surface area contributed by atoms with Gasteiger partial charge in [0, 0.05) is 0 Å². The van der Waals surface area contributed by atoms with Crippen molar-refractivity contribution in [2.24, 2.45) is 0 Å². The standard InChI is InChI=1S/C12H19N3O3S.ClH/c1-2-3-4-7-19(17,18)9-12(16)15-10-5-6-11(13)14-8-10;/h5-6,8H,2-4,7,9H2,1H3,(H2,13,14)(H,15,16);1H. The molecule has 1 rings (SSSR count). The first-order chi connectivity index (χ1) is 8.93. The Morgan fingerprint density at radius 2 is 2.05 bits per heavy atom. The van der Waals surface area contributed by atoms with Crippen LogP contribution in [0.2, 0.25) is 0 Å². The van der Waals surface area contributed by atoms with E-state index in [1.165, 1.54) is 12.3 Å². The number of carbonyl (C=O) groups excluding carboxylic acids is 1. The van der Waals surface area contributed by atoms with Crippen LogP contribution in [0.5, 0.6) is 0 Å². The third kappa shape index (κ3) is 7.30. The van der Waals surface area contributed by atoms with Crippen LogP contribution in [-0.4, -0.2) is 30.8 Å². The molecule has 0 aliphatic carbocycles. The number of nitrogens with two attached hydrogens (primary N) is 1. The molecule has 0 unspecified atom stereocenters. The van der Waals surface area contributed by atoms with E-state index in [0.29, 0.717) is 17.9 Å². The largest absolute Gasteiger partial charge is 0.384 e. The van der Waals surface area contributed by atoms with Crippen molar-refractivity contribution in [2.75, 3.05) is 22.6 Å². The van der Waals surface area contributed by atoms with Gasteiger partial charge in [0.1, 0.15) is 11.6 Å². The number of amides is 1. The monoisotopic (exact) mass is 321 g/mol. The number of hydrogen-bond acceptors (Lipinski definition) is 5. The molecule has 0 fully saturated rings. The van der Waals surface area contributed by atoms with Gasteiger partial charge >= 0.3 is 0 Å². The van der Waals surface area contributed by atoms with E-state index in [0.717, 1.165) is 12.8 Å². The molecular weight excluding hydrogens is 302 g/mol. The third-order valence-corrected chi connectivity index (χ3v) is 4.09. The van der Waals surface area contributed by atoms with Crippen LogP contribution in [0, 0.1) is 0 Å². The highest BCUT2D eigenvalue weighted by molar-refractivity contribution is 7.92. The summed E-state index contributed by atoms with van der Waals surface area (Å²) in [5.41, 5.74) is 5.84. The fourth-order valence-electron chi connectivity index (χ4n) is 1.52. The second-order valence-electron chi connectivity index (χ2n) is 4.32. The SMILES string of the molecule is CCCCCS(=O)(=O)CC(=O)Nc1ccc(N)nc1.Cl. The first kappa shape index (κ1) is 18.7. The minimum Gasteiger partial charge on any atom is -0.384 e. The summed E-state index contributed by atoms with van der Waals surface area (Å²) >= 11 is 0. The van der Waals surface area contributed by atoms with Gasteiger partial charge < -0.3 is 11.1 Å². The van der Waals surface area contributed by atoms with Crippen molar-refractivity contribution < 1.29 is 13.2 Å². The van der Waals surface area contributed by atoms with Crippen molar-refractivity contribution in [1.29, 1.82) is 0 Å². The van der Waals surface area contributed by atoms with Crippen LogP contribution in [0.4, 0.5) is 11.5 Å². The van der Waals surface area contributed by atoms with Crippen molar-refractivity contribution >= 4 is 39.7 Å². The summed E-state index contributed by atoms with van der Waals surface area (Å²) in [5.74, 6) is -0.664. The third-order valence-electron chi connectivity index (χ3n) is 2.48. The van der Waals surface area contributed by atoms with E-state index >= 15 is 0 Å². The van der Waals surface area contributed by atoms with Gasteiger partial charge in [-0.3, -0.25) is 4.79 Å². The highest BCUT2D eigenvalue weighted by Crippen LogP contribution is 2.07. The quantitative estimate of drug-likeness (QED) is 0.743. The molecule has 114 valence electrons. The van der Waals surface area contributed by atoms with Crippen molar-refractivity contribution in [3.63, 3.8) is 0 Å². The van der Waals surface area contributed by atoms with Gasteiger partial charge in [-0.25, -0.2) is 13.4 Å². The first-order valence-corrected chi connectivity index (χ1v) is 7.97. The van der Waals surface area contributed by atoms with Crippen LogP contribution in [0.3, 0.4) is 0 Å². The molecule has 1 amide bonds. The second-order valence-corrected chi connectivity index (χ2v) is 6.50. The highest BCUT2D eigenvalue weighted by atomic mass is 35.5. The molecule has 0 bridgehead atoms. The summed E-state index contributed by atoms with van der Waals surface area (Å²) in [5, 5.41) is 2.48. The number of rotatable bonds is 7. The zero-order valence-corrected chi connectivity index (χ0v) is 13.0. The van der Waals surface area contributed by atoms with Gasteiger partial charge in [-0.1, -0.05) is 19.8 Å². The first-order valence-electron chi connectivity index (χ1n) is 6.15. The zero-order chi connectivity index (χ0) is 14.3. The molecule has 0 aliphatic heterocycles. The number of unbranched alkanes of at least 4 members (excludes halogenated alkanes) is 2. The molecule has 1 aromatic rings. The molecule has 0 radical (unpaired) electrons. The fraction of sp³-hybridized carbons (Fsp3) is 0.500. The summed E-state index contributed by atoms with van der Waals surface area (Å²) in [6.07, 6.45) is 3.77. The molecule has 20 heavy (non-hydrogen) atoms. The second kappa shape index (κ2) is 8.76. The van der Waals surface area contributed by atoms with Gasteiger partial charge in [-0.05, 0) is 18.6 Å². The Kier molecular flexibility index (Phi) is 8.17. The predicted octanol–water partition coefficient (Wildman–Crippen LogP) is 1.63. The molecule has 0 saturated heterocycles. The Labute approximate surface area is 125 Å². The summed E-state index contributed by atoms with van der Waals surface area (Å²) in [4.78, 5) is 15.4. The number of halogens is 1. The average Bonchev–Trinajstić information content (AvgIpc) is 2.31. The van der Waals surface area contributed by atoms with Crippen molar-refractivity contribution in [1.82, 2.24) is 4.98 Å². The molecule has 1 heterocycles. The topological polar surface area (TPSA) is 102 Å². The lowest BCUT2D eigenvalue weighted by Crippen LogP contribution is -2.24. The molecule has 0 spiro atoms. The van der Waals surface area contributed by atoms with E-state index in [-0.39, 0.29) is 18.2 Å². The van der Waals surface area contributed by atoms with Crippen LogP contribution in [-0.2, 0) is 14.6 Å². The smallest absolute Gasteiger partial charge is 0.239 e. The summed E-state index contributed by atoms with van der Waals surface area (Å²) in [6.45, 7) is 1.99. The minimum absolute atomic E-state index is 0. The Bertz CT molecular complexity index is 517. The maximum absolute atomic E-state index is 11.7. The van der Waals surface area contributed by atoms with Crippen LogP contribution in [0.1, 0.15) is 26.2 Å². The van der Waals surface area contributed by atoms with Gasteiger partial charge in [-0.2, -0.15) is 0 Å². The van der Waals surface area contributed by atoms with Gasteiger partial charge in [0.05, 0.1) is 17.6 Å². The van der Waals surface area contributed by atoms with Gasteiger partial charge in [0.25, 0.3) is 0 Å². The van der Waals surface area contributed by atoms with E-state index in [1.54, 1.807) is 6.07 Å². The van der Waals surface area contributed by atoms with Crippen LogP contribution in [0.25, 0.3) is 0 Å². The Hall–Kier alpha value is -1.34. The van der Waals surface area contributed by atoms with E-state index in [4.69, 9.17) is 5.73 Å². The number of sulfone groups is 1. The fourth-order valence-corrected chi connectivity index (χ4v) is 2.78. The van der Waals surface area contributed by atoms with Gasteiger partial charge in [0.2, 0.25) is 5.91 Å². The lowest BCUT2D eigenvalue weighted by atomic mass is 10.3. The number of nitrogen functional groups attached to an aromatic ring is 1. The predicted molar refractivity (Wildman–Crippen MR) is 82.7 cm³/mol. The number of anilines is 2. The Morgan fingerprint density at radius 1 is 1.35 bits per heavy atom. The Balaban J connectivity index is 0.00000361. The molecule has 8 heteroatoms. The summed E-state index contributed by atoms with van der Waals surface area (Å²) in [6, 6.07) is 3.11. The van der Waals surface area contributed by atoms with Gasteiger partial charge in [0.15, 0.2) is 9.84 Å². The van der Waals surface area contributed by atoms with E-state index in [1.807, 2.05) is 6.92 Å². The average molecular weight is 322 g/mol. The number of nitrogens with zero attached hydrogens (tertiary/aromatic N) is 1. The molecule has 0 atom stereocenters. The van der Waals surface area contributed by atoms with E-state index in [9.17, 15) is 13.2 Å². The molecule has 3 N–H and O–H groups in total. The molecule has 0 saturated carbocycles. The van der Waals surface area contributed by atoms with Crippen molar-refractivity contribution in [3.05, 3.63) is 18.3 Å². The van der Waals surface area contributed by atoms with E-state index in [2.05, 4.69) is 10.3 Å². The normalized spacial score (nSPS) is 10.7. The van der Waals surface area contributed by atoms with Crippen LogP contribution < -0.4 is 11.1 Å². The molecule has 0 aliphatic rings. The summed E-state index contributed by atoms with van der Waals surface area (Å²) in [7, 11) is -3.34. The molecular formula is C12H20ClN3O3S. The molecule has 1 aromatic heterocycles. The molecule has 0 aromatic carbocycles. The minimum atomic E-state index is -3.34. The molecule has 6 nitrogen and oxygen atoms in total. The van der Waals surface area contributed by atoms with Crippen molar-refractivity contribution in [3.8, 4) is 0 Å². The lowest BCUT2D eigenvalue weighted by Gasteiger charge is -2.06. The van der Waals surface area contributed by atoms with Crippen molar-refractivity contribution in [2.45, 2.75) is 26.2 Å². The maximum Gasteiger partial charge on any atom is 0.239 e. The Morgan fingerprint density at radius 3 is 2.60 bits per heavy atom. The number of hydrogen-bond donors (Lipinski definition) is 2. The number of nitrogens with one attached hydrogen (secondary N) is 1. The highest BCUT2D eigenvalue weighted by Gasteiger charge is 2.16. The number of aromatic nitrogens is 1. The van der Waals surface area contributed by atoms with Gasteiger partial charge in [-0.15, -0.1) is 12.4 Å². The maximum atomic E-state index is 11.7. The number of pyridine rings is 1. The lowest BCUT2D eigenvalue weighted by molar-refractivity contribution is -0.113. The zero-order valence-electron chi connectivity index (χ0n) is 11.3. The van der Waals surface area contributed by atoms with E-state index < -0.39 is 21.5 Å². The van der Waals surface area contributed by atoms with Crippen LogP contribution in [0.15, 0.2) is 18.3 Å².